The zero-order valence-electron chi connectivity index (χ0n) is 15.1. The average molecular weight is 371 g/mol. The molecular weight excluding hydrogens is 350 g/mol. The van der Waals surface area contributed by atoms with Crippen LogP contribution in [0.4, 0.5) is 17.1 Å². The van der Waals surface area contributed by atoms with Crippen molar-refractivity contribution in [2.75, 3.05) is 10.0 Å². The Hall–Kier alpha value is -2.80. The van der Waals surface area contributed by atoms with E-state index in [0.29, 0.717) is 11.4 Å². The Bertz CT molecular complexity index is 1020. The summed E-state index contributed by atoms with van der Waals surface area (Å²) in [5.41, 5.74) is 5.01. The maximum atomic E-state index is 12.5. The van der Waals surface area contributed by atoms with E-state index in [1.807, 2.05) is 26.0 Å². The first-order valence-corrected chi connectivity index (χ1v) is 9.64. The van der Waals surface area contributed by atoms with Gasteiger partial charge in [-0.3, -0.25) is 4.72 Å². The Morgan fingerprint density at radius 2 is 1.58 bits per heavy atom. The Morgan fingerprint density at radius 1 is 0.923 bits per heavy atom. The van der Waals surface area contributed by atoms with Gasteiger partial charge in [0.2, 0.25) is 0 Å². The van der Waals surface area contributed by atoms with E-state index in [-0.39, 0.29) is 10.7 Å². The lowest BCUT2D eigenvalue weighted by Crippen LogP contribution is -2.14. The maximum Gasteiger partial charge on any atom is 0.267 e. The highest BCUT2D eigenvalue weighted by Gasteiger charge is 2.24. The van der Waals surface area contributed by atoms with Crippen molar-refractivity contribution in [1.29, 1.82) is 0 Å². The molecule has 1 heterocycles. The van der Waals surface area contributed by atoms with Crippen LogP contribution in [-0.4, -0.2) is 13.6 Å². The van der Waals surface area contributed by atoms with Gasteiger partial charge in [0.1, 0.15) is 5.69 Å². The lowest BCUT2D eigenvalue weighted by Gasteiger charge is -2.12. The van der Waals surface area contributed by atoms with Crippen molar-refractivity contribution >= 4 is 27.1 Å². The summed E-state index contributed by atoms with van der Waals surface area (Å²) >= 11 is 0. The van der Waals surface area contributed by atoms with Crippen LogP contribution in [0.3, 0.4) is 0 Å². The summed E-state index contributed by atoms with van der Waals surface area (Å²) in [5.74, 6) is 0.267. The molecule has 3 aromatic rings. The van der Waals surface area contributed by atoms with Crippen molar-refractivity contribution in [2.24, 2.45) is 0 Å². The molecule has 7 heteroatoms. The van der Waals surface area contributed by atoms with Crippen LogP contribution in [0, 0.1) is 27.7 Å². The van der Waals surface area contributed by atoms with Crippen molar-refractivity contribution < 1.29 is 12.9 Å². The van der Waals surface area contributed by atoms with Gasteiger partial charge >= 0.3 is 0 Å². The summed E-state index contributed by atoms with van der Waals surface area (Å²) in [5, 5.41) is 7.04. The molecule has 0 aliphatic heterocycles. The predicted molar refractivity (Wildman–Crippen MR) is 102 cm³/mol. The quantitative estimate of drug-likeness (QED) is 0.692. The first-order chi connectivity index (χ1) is 12.3. The predicted octanol–water partition coefficient (Wildman–Crippen LogP) is 4.45. The first kappa shape index (κ1) is 18.0. The number of anilines is 3. The number of rotatable bonds is 5. The molecule has 0 atom stereocenters. The third-order valence-electron chi connectivity index (χ3n) is 4.05. The Kier molecular flexibility index (Phi) is 4.73. The number of hydrogen-bond acceptors (Lipinski definition) is 5. The Labute approximate surface area is 153 Å². The highest BCUT2D eigenvalue weighted by molar-refractivity contribution is 7.92. The molecule has 0 bridgehead atoms. The fraction of sp³-hybridized carbons (Fsp3) is 0.211. The molecule has 0 unspecified atom stereocenters. The number of hydrogen-bond donors (Lipinski definition) is 2. The van der Waals surface area contributed by atoms with Crippen molar-refractivity contribution in [3.8, 4) is 0 Å². The standard InChI is InChI=1S/C19H21N3O3S/c1-12-5-6-13(2)18(11-12)20-16-7-9-17(10-8-16)22-26(23,24)19-14(3)21-25-15(19)4/h5-11,20,22H,1-4H3. The largest absolute Gasteiger partial charge is 0.360 e. The smallest absolute Gasteiger partial charge is 0.267 e. The molecule has 0 saturated heterocycles. The normalized spacial score (nSPS) is 11.4. The van der Waals surface area contributed by atoms with Crippen LogP contribution in [0.2, 0.25) is 0 Å². The molecule has 6 nitrogen and oxygen atoms in total. The summed E-state index contributed by atoms with van der Waals surface area (Å²) in [7, 11) is -3.74. The minimum absolute atomic E-state index is 0.0788. The van der Waals surface area contributed by atoms with Gasteiger partial charge in [0.05, 0.1) is 0 Å². The van der Waals surface area contributed by atoms with Crippen LogP contribution >= 0.6 is 0 Å². The van der Waals surface area contributed by atoms with Gasteiger partial charge in [-0.1, -0.05) is 17.3 Å². The lowest BCUT2D eigenvalue weighted by atomic mass is 10.1. The van der Waals surface area contributed by atoms with Crippen LogP contribution in [0.1, 0.15) is 22.6 Å². The zero-order valence-corrected chi connectivity index (χ0v) is 15.9. The van der Waals surface area contributed by atoms with Crippen LogP contribution in [0.25, 0.3) is 0 Å². The van der Waals surface area contributed by atoms with Gasteiger partial charge in [-0.2, -0.15) is 0 Å². The molecule has 0 fully saturated rings. The van der Waals surface area contributed by atoms with Gasteiger partial charge in [-0.25, -0.2) is 8.42 Å². The number of aryl methyl sites for hydroxylation is 4. The molecule has 0 amide bonds. The van der Waals surface area contributed by atoms with Crippen molar-refractivity contribution in [3.63, 3.8) is 0 Å². The molecule has 136 valence electrons. The number of benzene rings is 2. The molecule has 26 heavy (non-hydrogen) atoms. The Balaban J connectivity index is 1.79. The van der Waals surface area contributed by atoms with E-state index in [0.717, 1.165) is 16.9 Å². The number of nitrogens with one attached hydrogen (secondary N) is 2. The molecule has 0 aliphatic carbocycles. The Morgan fingerprint density at radius 3 is 2.19 bits per heavy atom. The highest BCUT2D eigenvalue weighted by atomic mass is 32.2. The van der Waals surface area contributed by atoms with Gasteiger partial charge in [-0.05, 0) is 69.2 Å². The summed E-state index contributed by atoms with van der Waals surface area (Å²) in [6.07, 6.45) is 0. The van der Waals surface area contributed by atoms with Crippen LogP contribution in [0.15, 0.2) is 51.9 Å². The van der Waals surface area contributed by atoms with Crippen molar-refractivity contribution in [2.45, 2.75) is 32.6 Å². The van der Waals surface area contributed by atoms with E-state index in [9.17, 15) is 8.42 Å². The van der Waals surface area contributed by atoms with Gasteiger partial charge in [0, 0.05) is 17.1 Å². The van der Waals surface area contributed by atoms with Gasteiger partial charge in [0.25, 0.3) is 10.0 Å². The lowest BCUT2D eigenvalue weighted by molar-refractivity contribution is 0.390. The monoisotopic (exact) mass is 371 g/mol. The van der Waals surface area contributed by atoms with E-state index >= 15 is 0 Å². The van der Waals surface area contributed by atoms with E-state index < -0.39 is 10.0 Å². The fourth-order valence-electron chi connectivity index (χ4n) is 2.71. The summed E-state index contributed by atoms with van der Waals surface area (Å²) in [6, 6.07) is 13.3. The second-order valence-electron chi connectivity index (χ2n) is 6.28. The maximum absolute atomic E-state index is 12.5. The molecular formula is C19H21N3O3S. The molecule has 0 spiro atoms. The third-order valence-corrected chi connectivity index (χ3v) is 5.67. The van der Waals surface area contributed by atoms with Crippen molar-refractivity contribution in [3.05, 3.63) is 65.0 Å². The molecule has 0 radical (unpaired) electrons. The molecule has 3 rings (SSSR count). The van der Waals surface area contributed by atoms with Gasteiger partial charge < -0.3 is 9.84 Å². The average Bonchev–Trinajstić information content (AvgIpc) is 2.92. The van der Waals surface area contributed by atoms with E-state index in [2.05, 4.69) is 33.4 Å². The topological polar surface area (TPSA) is 84.2 Å². The summed E-state index contributed by atoms with van der Waals surface area (Å²) in [4.78, 5) is 0.0788. The zero-order chi connectivity index (χ0) is 18.9. The number of sulfonamides is 1. The second kappa shape index (κ2) is 6.84. The molecule has 0 aliphatic rings. The fourth-order valence-corrected chi connectivity index (χ4v) is 4.10. The number of aromatic nitrogens is 1. The SMILES string of the molecule is Cc1ccc(C)c(Nc2ccc(NS(=O)(=O)c3c(C)noc3C)cc2)c1. The van der Waals surface area contributed by atoms with Crippen LogP contribution in [-0.2, 0) is 10.0 Å². The van der Waals surface area contributed by atoms with Gasteiger partial charge in [-0.15, -0.1) is 0 Å². The van der Waals surface area contributed by atoms with Crippen molar-refractivity contribution in [1.82, 2.24) is 5.16 Å². The van der Waals surface area contributed by atoms with Crippen LogP contribution in [0.5, 0.6) is 0 Å². The van der Waals surface area contributed by atoms with Crippen LogP contribution < -0.4 is 10.0 Å². The molecule has 1 aromatic heterocycles. The molecule has 0 saturated carbocycles. The summed E-state index contributed by atoms with van der Waals surface area (Å²) < 4.78 is 32.6. The van der Waals surface area contributed by atoms with E-state index in [1.54, 1.807) is 26.0 Å². The summed E-state index contributed by atoms with van der Waals surface area (Å²) in [6.45, 7) is 7.25. The van der Waals surface area contributed by atoms with E-state index in [4.69, 9.17) is 4.52 Å². The van der Waals surface area contributed by atoms with E-state index in [1.165, 1.54) is 5.56 Å². The molecule has 2 N–H and O–H groups in total. The minimum Gasteiger partial charge on any atom is -0.360 e. The first-order valence-electron chi connectivity index (χ1n) is 8.16. The third kappa shape index (κ3) is 3.72. The highest BCUT2D eigenvalue weighted by Crippen LogP contribution is 2.25. The van der Waals surface area contributed by atoms with Gasteiger partial charge in [0.15, 0.2) is 10.7 Å². The molecule has 2 aromatic carbocycles. The second-order valence-corrected chi connectivity index (χ2v) is 7.90. The number of nitrogens with zero attached hydrogens (tertiary/aromatic N) is 1. The minimum atomic E-state index is -3.74.